The number of carboxylic acid groups (broad SMARTS) is 1. The normalized spacial score (nSPS) is 21.6. The highest BCUT2D eigenvalue weighted by atomic mass is 32.2. The van der Waals surface area contributed by atoms with Gasteiger partial charge in [0.2, 0.25) is 0 Å². The van der Waals surface area contributed by atoms with Crippen LogP contribution in [0, 0.1) is 12.8 Å². The van der Waals surface area contributed by atoms with Crippen molar-refractivity contribution in [3.63, 3.8) is 0 Å². The average Bonchev–Trinajstić information content (AvgIpc) is 3.73. The largest absolute Gasteiger partial charge is 0.493 e. The first-order chi connectivity index (χ1) is 18.8. The first kappa shape index (κ1) is 25.7. The predicted octanol–water partition coefficient (Wildman–Crippen LogP) is 5.32. The summed E-state index contributed by atoms with van der Waals surface area (Å²) >= 11 is 0. The molecule has 8 heteroatoms. The van der Waals surface area contributed by atoms with E-state index in [1.54, 1.807) is 0 Å². The molecule has 0 aromatic heterocycles. The first-order valence-electron chi connectivity index (χ1n) is 13.5. The summed E-state index contributed by atoms with van der Waals surface area (Å²) < 4.78 is 41.9. The van der Waals surface area contributed by atoms with Crippen LogP contribution in [0.3, 0.4) is 0 Å². The van der Waals surface area contributed by atoms with Gasteiger partial charge in [0.1, 0.15) is 30.0 Å². The Labute approximate surface area is 228 Å². The fraction of sp³-hybridized carbons (Fsp3) is 0.387. The lowest BCUT2D eigenvalue weighted by molar-refractivity contribution is -0.138. The smallest absolute Gasteiger partial charge is 0.307 e. The third-order valence-corrected chi connectivity index (χ3v) is 9.67. The van der Waals surface area contributed by atoms with Crippen LogP contribution in [0.1, 0.15) is 47.4 Å². The van der Waals surface area contributed by atoms with Crippen LogP contribution in [-0.4, -0.2) is 43.7 Å². The van der Waals surface area contributed by atoms with Crippen molar-refractivity contribution in [3.8, 4) is 28.4 Å². The number of ether oxygens (including phenoxy) is 3. The molecule has 3 aromatic carbocycles. The maximum atomic E-state index is 11.8. The average molecular weight is 549 g/mol. The van der Waals surface area contributed by atoms with E-state index in [1.165, 1.54) is 0 Å². The van der Waals surface area contributed by atoms with Crippen LogP contribution < -0.4 is 14.2 Å². The van der Waals surface area contributed by atoms with Crippen LogP contribution in [0.2, 0.25) is 0 Å². The Morgan fingerprint density at radius 2 is 1.79 bits per heavy atom. The zero-order valence-corrected chi connectivity index (χ0v) is 22.7. The minimum atomic E-state index is -2.93. The quantitative estimate of drug-likeness (QED) is 0.427. The lowest BCUT2D eigenvalue weighted by Gasteiger charge is -2.24. The number of benzene rings is 3. The summed E-state index contributed by atoms with van der Waals surface area (Å²) in [5, 5.41) is 9.17. The maximum Gasteiger partial charge on any atom is 0.307 e. The highest BCUT2D eigenvalue weighted by molar-refractivity contribution is 7.91. The number of hydrogen-bond donors (Lipinski definition) is 1. The molecule has 1 aliphatic carbocycles. The molecule has 2 atom stereocenters. The van der Waals surface area contributed by atoms with Gasteiger partial charge in [-0.3, -0.25) is 4.79 Å². The van der Waals surface area contributed by atoms with Crippen molar-refractivity contribution in [2.45, 2.75) is 51.2 Å². The van der Waals surface area contributed by atoms with Gasteiger partial charge in [-0.1, -0.05) is 18.2 Å². The molecule has 3 aliphatic rings. The summed E-state index contributed by atoms with van der Waals surface area (Å²) in [4.78, 5) is 11.2. The molecule has 3 aromatic rings. The van der Waals surface area contributed by atoms with E-state index in [0.717, 1.165) is 57.1 Å². The Morgan fingerprint density at radius 3 is 2.51 bits per heavy atom. The topological polar surface area (TPSA) is 99.1 Å². The molecule has 0 amide bonds. The van der Waals surface area contributed by atoms with E-state index in [0.29, 0.717) is 32.5 Å². The first-order valence-corrected chi connectivity index (χ1v) is 15.3. The summed E-state index contributed by atoms with van der Waals surface area (Å²) in [6, 6.07) is 18.0. The monoisotopic (exact) mass is 548 g/mol. The summed E-state index contributed by atoms with van der Waals surface area (Å²) in [7, 11) is -2.93. The van der Waals surface area contributed by atoms with Gasteiger partial charge in [-0.25, -0.2) is 8.42 Å². The molecule has 2 aliphatic heterocycles. The molecular formula is C31H32O7S. The van der Waals surface area contributed by atoms with E-state index in [2.05, 4.69) is 19.1 Å². The molecule has 7 nitrogen and oxygen atoms in total. The molecule has 204 valence electrons. The van der Waals surface area contributed by atoms with Gasteiger partial charge in [0.25, 0.3) is 0 Å². The second-order valence-corrected chi connectivity index (χ2v) is 13.1. The van der Waals surface area contributed by atoms with Gasteiger partial charge in [0.15, 0.2) is 9.84 Å². The standard InChI is InChI=1S/C31H32O7S/c1-19-14-25(38-24-9-12-39(34,35)13-10-24)16-22-8-11-36-29-7-2-20(15-28(29)30(19)22)18-37-23-5-3-21(4-6-23)26-17-27(26)31(32)33/h2-7,14-16,24,26-27H,8-13,17-18H2,1H3,(H,32,33). The van der Waals surface area contributed by atoms with E-state index in [1.807, 2.05) is 42.5 Å². The number of fused-ring (bicyclic) bond motifs is 3. The van der Waals surface area contributed by atoms with Gasteiger partial charge in [-0.2, -0.15) is 0 Å². The van der Waals surface area contributed by atoms with Crippen molar-refractivity contribution in [1.29, 1.82) is 0 Å². The molecule has 0 bridgehead atoms. The van der Waals surface area contributed by atoms with Gasteiger partial charge >= 0.3 is 5.97 Å². The van der Waals surface area contributed by atoms with Crippen molar-refractivity contribution >= 4 is 15.8 Å². The third kappa shape index (κ3) is 5.62. The van der Waals surface area contributed by atoms with Crippen LogP contribution in [0.5, 0.6) is 17.2 Å². The molecule has 39 heavy (non-hydrogen) atoms. The number of rotatable bonds is 7. The minimum Gasteiger partial charge on any atom is -0.493 e. The Balaban J connectivity index is 1.17. The van der Waals surface area contributed by atoms with Gasteiger partial charge in [-0.05, 0) is 96.3 Å². The van der Waals surface area contributed by atoms with Crippen LogP contribution in [-0.2, 0) is 27.7 Å². The fourth-order valence-corrected chi connectivity index (χ4v) is 7.18. The number of sulfone groups is 1. The Hall–Kier alpha value is -3.52. The summed E-state index contributed by atoms with van der Waals surface area (Å²) in [5.41, 5.74) is 6.47. The zero-order chi connectivity index (χ0) is 27.1. The van der Waals surface area contributed by atoms with Gasteiger partial charge < -0.3 is 19.3 Å². The van der Waals surface area contributed by atoms with Crippen LogP contribution in [0.4, 0.5) is 0 Å². The van der Waals surface area contributed by atoms with E-state index in [9.17, 15) is 13.2 Å². The predicted molar refractivity (Wildman–Crippen MR) is 147 cm³/mol. The Bertz CT molecular complexity index is 1500. The van der Waals surface area contributed by atoms with Crippen molar-refractivity contribution in [2.24, 2.45) is 5.92 Å². The number of carboxylic acids is 1. The van der Waals surface area contributed by atoms with Gasteiger partial charge in [-0.15, -0.1) is 0 Å². The summed E-state index contributed by atoms with van der Waals surface area (Å²) in [6.45, 7) is 3.04. The lowest BCUT2D eigenvalue weighted by Crippen LogP contribution is -2.30. The third-order valence-electron chi connectivity index (χ3n) is 7.96. The lowest BCUT2D eigenvalue weighted by atomic mass is 9.92. The van der Waals surface area contributed by atoms with Crippen molar-refractivity contribution in [2.75, 3.05) is 18.1 Å². The SMILES string of the molecule is Cc1cc(OC2CCS(=O)(=O)CC2)cc2c1-c1cc(COc3ccc(C4CC4C(=O)O)cc3)ccc1OCC2. The van der Waals surface area contributed by atoms with E-state index in [4.69, 9.17) is 19.3 Å². The molecule has 2 unspecified atom stereocenters. The fourth-order valence-electron chi connectivity index (χ4n) is 5.73. The second-order valence-electron chi connectivity index (χ2n) is 10.8. The number of aliphatic carboxylic acids is 1. The van der Waals surface area contributed by atoms with Gasteiger partial charge in [0.05, 0.1) is 24.0 Å². The number of aryl methyl sites for hydroxylation is 1. The second kappa shape index (κ2) is 10.2. The molecule has 0 radical (unpaired) electrons. The highest BCUT2D eigenvalue weighted by Crippen LogP contribution is 2.47. The van der Waals surface area contributed by atoms with Crippen molar-refractivity contribution in [3.05, 3.63) is 76.9 Å². The Morgan fingerprint density at radius 1 is 1.03 bits per heavy atom. The number of carbonyl (C=O) groups is 1. The zero-order valence-electron chi connectivity index (χ0n) is 21.9. The van der Waals surface area contributed by atoms with E-state index >= 15 is 0 Å². The van der Waals surface area contributed by atoms with Crippen LogP contribution in [0.15, 0.2) is 54.6 Å². The number of hydrogen-bond acceptors (Lipinski definition) is 6. The van der Waals surface area contributed by atoms with Crippen molar-refractivity contribution in [1.82, 2.24) is 0 Å². The molecule has 6 rings (SSSR count). The maximum absolute atomic E-state index is 11.8. The molecule has 0 spiro atoms. The minimum absolute atomic E-state index is 0.0824. The van der Waals surface area contributed by atoms with Crippen molar-refractivity contribution < 1.29 is 32.5 Å². The Kier molecular flexibility index (Phi) is 6.75. The van der Waals surface area contributed by atoms with E-state index in [-0.39, 0.29) is 29.4 Å². The summed E-state index contributed by atoms with van der Waals surface area (Å²) in [6.07, 6.45) is 2.43. The summed E-state index contributed by atoms with van der Waals surface area (Å²) in [5.74, 6) is 1.85. The molecule has 2 heterocycles. The van der Waals surface area contributed by atoms with Crippen LogP contribution >= 0.6 is 0 Å². The van der Waals surface area contributed by atoms with E-state index < -0.39 is 15.8 Å². The van der Waals surface area contributed by atoms with Gasteiger partial charge in [0, 0.05) is 12.0 Å². The van der Waals surface area contributed by atoms with Crippen LogP contribution in [0.25, 0.3) is 11.1 Å². The molecule has 1 N–H and O–H groups in total. The highest BCUT2D eigenvalue weighted by Gasteiger charge is 2.44. The molecule has 1 saturated heterocycles. The molecule has 2 fully saturated rings. The molecule has 1 saturated carbocycles. The molecular weight excluding hydrogens is 516 g/mol.